The van der Waals surface area contributed by atoms with E-state index in [0.717, 1.165) is 6.07 Å². The highest BCUT2D eigenvalue weighted by atomic mass is 35.5. The van der Waals surface area contributed by atoms with Crippen LogP contribution >= 0.6 is 11.6 Å². The number of aromatic nitrogens is 2. The van der Waals surface area contributed by atoms with Gasteiger partial charge in [-0.15, -0.1) is 0 Å². The Labute approximate surface area is 112 Å². The fraction of sp³-hybridized carbons (Fsp3) is 0.182. The van der Waals surface area contributed by atoms with E-state index in [1.165, 1.54) is 16.8 Å². The molecule has 0 spiro atoms. The van der Waals surface area contributed by atoms with Gasteiger partial charge in [0.2, 0.25) is 0 Å². The molecule has 2 rings (SSSR count). The van der Waals surface area contributed by atoms with Crippen molar-refractivity contribution in [3.05, 3.63) is 51.3 Å². The zero-order valence-electron chi connectivity index (χ0n) is 9.72. The van der Waals surface area contributed by atoms with Crippen LogP contribution in [-0.2, 0) is 6.42 Å². The van der Waals surface area contributed by atoms with E-state index >= 15 is 0 Å². The Morgan fingerprint density at radius 3 is 2.89 bits per heavy atom. The van der Waals surface area contributed by atoms with E-state index < -0.39 is 10.7 Å². The van der Waals surface area contributed by atoms with Gasteiger partial charge >= 0.3 is 0 Å². The Bertz CT molecular complexity index is 629. The summed E-state index contributed by atoms with van der Waals surface area (Å²) in [6, 6.07) is 2.00. The molecule has 0 aliphatic heterocycles. The number of benzene rings is 1. The first-order valence-electron chi connectivity index (χ1n) is 5.40. The van der Waals surface area contributed by atoms with Gasteiger partial charge in [0.05, 0.1) is 16.0 Å². The van der Waals surface area contributed by atoms with Gasteiger partial charge in [-0.05, 0) is 12.6 Å². The monoisotopic (exact) mass is 284 g/mol. The minimum absolute atomic E-state index is 0.164. The fourth-order valence-corrected chi connectivity index (χ4v) is 1.89. The summed E-state index contributed by atoms with van der Waals surface area (Å²) in [6.07, 6.45) is 3.48. The van der Waals surface area contributed by atoms with Crippen LogP contribution in [0.1, 0.15) is 5.82 Å². The first-order valence-corrected chi connectivity index (χ1v) is 5.78. The molecule has 0 bridgehead atoms. The summed E-state index contributed by atoms with van der Waals surface area (Å²) in [7, 11) is 0. The molecule has 1 aromatic carbocycles. The molecule has 8 heteroatoms. The number of hydrogen-bond donors (Lipinski definition) is 1. The van der Waals surface area contributed by atoms with Crippen LogP contribution in [0.4, 0.5) is 10.1 Å². The van der Waals surface area contributed by atoms with Crippen LogP contribution in [0, 0.1) is 15.9 Å². The van der Waals surface area contributed by atoms with E-state index in [-0.39, 0.29) is 16.4 Å². The highest BCUT2D eigenvalue weighted by Crippen LogP contribution is 2.29. The van der Waals surface area contributed by atoms with Crippen molar-refractivity contribution in [3.8, 4) is 5.69 Å². The highest BCUT2D eigenvalue weighted by molar-refractivity contribution is 6.31. The van der Waals surface area contributed by atoms with Crippen molar-refractivity contribution in [3.63, 3.8) is 0 Å². The van der Waals surface area contributed by atoms with Crippen molar-refractivity contribution in [1.82, 2.24) is 9.55 Å². The molecule has 2 N–H and O–H groups in total. The van der Waals surface area contributed by atoms with Gasteiger partial charge in [0.15, 0.2) is 0 Å². The lowest BCUT2D eigenvalue weighted by atomic mass is 10.2. The van der Waals surface area contributed by atoms with Crippen LogP contribution in [0.5, 0.6) is 0 Å². The molecular formula is C11H10ClFN4O2. The Balaban J connectivity index is 2.63. The third-order valence-corrected chi connectivity index (χ3v) is 2.85. The molecule has 0 amide bonds. The molecule has 1 aromatic heterocycles. The maximum absolute atomic E-state index is 13.3. The number of nitrogens with two attached hydrogens (primary N) is 1. The molecule has 2 aromatic rings. The number of nitrogens with zero attached hydrogens (tertiary/aromatic N) is 3. The third kappa shape index (κ3) is 2.56. The molecule has 0 aliphatic carbocycles. The fourth-order valence-electron chi connectivity index (χ4n) is 1.73. The summed E-state index contributed by atoms with van der Waals surface area (Å²) in [4.78, 5) is 14.4. The van der Waals surface area contributed by atoms with Crippen LogP contribution in [0.15, 0.2) is 24.5 Å². The Morgan fingerprint density at radius 2 is 2.26 bits per heavy atom. The highest BCUT2D eigenvalue weighted by Gasteiger charge is 2.20. The molecule has 0 saturated heterocycles. The van der Waals surface area contributed by atoms with Crippen molar-refractivity contribution in [2.75, 3.05) is 6.54 Å². The largest absolute Gasteiger partial charge is 0.330 e. The van der Waals surface area contributed by atoms with Gasteiger partial charge < -0.3 is 5.73 Å². The van der Waals surface area contributed by atoms with Gasteiger partial charge in [-0.2, -0.15) is 0 Å². The Morgan fingerprint density at radius 1 is 1.53 bits per heavy atom. The molecule has 0 fully saturated rings. The second kappa shape index (κ2) is 5.33. The van der Waals surface area contributed by atoms with Crippen LogP contribution in [-0.4, -0.2) is 21.0 Å². The summed E-state index contributed by atoms with van der Waals surface area (Å²) in [5.41, 5.74) is 5.23. The predicted octanol–water partition coefficient (Wildman–Crippen LogP) is 2.07. The first-order chi connectivity index (χ1) is 9.04. The molecule has 6 nitrogen and oxygen atoms in total. The maximum Gasteiger partial charge on any atom is 0.296 e. The molecule has 0 saturated carbocycles. The third-order valence-electron chi connectivity index (χ3n) is 2.56. The first kappa shape index (κ1) is 13.4. The number of halogens is 2. The van der Waals surface area contributed by atoms with Crippen LogP contribution in [0.25, 0.3) is 5.69 Å². The number of nitro benzene ring substituents is 1. The SMILES string of the molecule is NCCc1nccn1-c1cc(Cl)c(F)cc1[N+](=O)[O-]. The number of imidazole rings is 1. The quantitative estimate of drug-likeness (QED) is 0.688. The van der Waals surface area contributed by atoms with Gasteiger partial charge in [-0.25, -0.2) is 9.37 Å². The van der Waals surface area contributed by atoms with Gasteiger partial charge in [0.25, 0.3) is 5.69 Å². The van der Waals surface area contributed by atoms with Crippen LogP contribution in [0.3, 0.4) is 0 Å². The lowest BCUT2D eigenvalue weighted by Crippen LogP contribution is -2.10. The van der Waals surface area contributed by atoms with E-state index in [2.05, 4.69) is 4.98 Å². The number of nitro groups is 1. The Hall–Kier alpha value is -1.99. The summed E-state index contributed by atoms with van der Waals surface area (Å²) < 4.78 is 14.8. The Kier molecular flexibility index (Phi) is 3.77. The maximum atomic E-state index is 13.3. The minimum Gasteiger partial charge on any atom is -0.330 e. The lowest BCUT2D eigenvalue weighted by Gasteiger charge is -2.08. The van der Waals surface area contributed by atoms with E-state index in [1.54, 1.807) is 6.20 Å². The molecule has 19 heavy (non-hydrogen) atoms. The smallest absolute Gasteiger partial charge is 0.296 e. The standard InChI is InChI=1S/C11H10ClFN4O2/c12-7-5-9(10(17(18)19)6-8(7)13)16-4-3-15-11(16)1-2-14/h3-6H,1-2,14H2. The van der Waals surface area contributed by atoms with Crippen molar-refractivity contribution >= 4 is 17.3 Å². The van der Waals surface area contributed by atoms with Crippen molar-refractivity contribution < 1.29 is 9.31 Å². The number of hydrogen-bond acceptors (Lipinski definition) is 4. The van der Waals surface area contributed by atoms with Crippen LogP contribution in [0.2, 0.25) is 5.02 Å². The van der Waals surface area contributed by atoms with E-state index in [9.17, 15) is 14.5 Å². The lowest BCUT2D eigenvalue weighted by molar-refractivity contribution is -0.384. The molecule has 100 valence electrons. The summed E-state index contributed by atoms with van der Waals surface area (Å²) in [6.45, 7) is 0.347. The van der Waals surface area contributed by atoms with E-state index in [4.69, 9.17) is 17.3 Å². The van der Waals surface area contributed by atoms with Crippen LogP contribution < -0.4 is 5.73 Å². The second-order valence-corrected chi connectivity index (χ2v) is 4.17. The van der Waals surface area contributed by atoms with E-state index in [0.29, 0.717) is 18.8 Å². The molecule has 0 aliphatic rings. The molecule has 0 unspecified atom stereocenters. The van der Waals surface area contributed by atoms with Gasteiger partial charge in [-0.3, -0.25) is 14.7 Å². The predicted molar refractivity (Wildman–Crippen MR) is 67.9 cm³/mol. The second-order valence-electron chi connectivity index (χ2n) is 3.76. The summed E-state index contributed by atoms with van der Waals surface area (Å²) >= 11 is 5.68. The molecule has 1 heterocycles. The zero-order chi connectivity index (χ0) is 14.0. The summed E-state index contributed by atoms with van der Waals surface area (Å²) in [5.74, 6) is -0.286. The topological polar surface area (TPSA) is 87.0 Å². The normalized spacial score (nSPS) is 10.7. The summed E-state index contributed by atoms with van der Waals surface area (Å²) in [5, 5.41) is 10.8. The van der Waals surface area contributed by atoms with Gasteiger partial charge in [0, 0.05) is 18.8 Å². The average Bonchev–Trinajstić information content (AvgIpc) is 2.80. The van der Waals surface area contributed by atoms with E-state index in [1.807, 2.05) is 0 Å². The van der Waals surface area contributed by atoms with Gasteiger partial charge in [0.1, 0.15) is 17.3 Å². The van der Waals surface area contributed by atoms with Gasteiger partial charge in [-0.1, -0.05) is 11.6 Å². The number of rotatable bonds is 4. The molecule has 0 radical (unpaired) electrons. The zero-order valence-corrected chi connectivity index (χ0v) is 10.5. The van der Waals surface area contributed by atoms with Crippen molar-refractivity contribution in [2.24, 2.45) is 5.73 Å². The molecular weight excluding hydrogens is 275 g/mol. The minimum atomic E-state index is -0.836. The van der Waals surface area contributed by atoms with Crippen molar-refractivity contribution in [2.45, 2.75) is 6.42 Å². The average molecular weight is 285 g/mol. The van der Waals surface area contributed by atoms with Crippen molar-refractivity contribution in [1.29, 1.82) is 0 Å². The molecule has 0 atom stereocenters.